The number of benzene rings is 1. The first-order chi connectivity index (χ1) is 17.9. The summed E-state index contributed by atoms with van der Waals surface area (Å²) in [5.74, 6) is -2.49. The summed E-state index contributed by atoms with van der Waals surface area (Å²) in [6.45, 7) is 2.36. The topological polar surface area (TPSA) is 126 Å². The summed E-state index contributed by atoms with van der Waals surface area (Å²) >= 11 is 0. The average molecular weight is 560 g/mol. The number of sulfonamides is 1. The van der Waals surface area contributed by atoms with Gasteiger partial charge in [0, 0.05) is 44.9 Å². The zero-order valence-corrected chi connectivity index (χ0v) is 21.4. The molecule has 2 aromatic rings. The van der Waals surface area contributed by atoms with Gasteiger partial charge in [-0.1, -0.05) is 18.2 Å². The van der Waals surface area contributed by atoms with Crippen molar-refractivity contribution in [3.63, 3.8) is 0 Å². The summed E-state index contributed by atoms with van der Waals surface area (Å²) in [6.07, 6.45) is -2.18. The molecule has 0 unspecified atom stereocenters. The van der Waals surface area contributed by atoms with Crippen LogP contribution < -0.4 is 4.74 Å². The quantitative estimate of drug-likeness (QED) is 0.606. The molecule has 2 aliphatic rings. The number of aliphatic carboxylic acids is 1. The monoisotopic (exact) mass is 559 g/mol. The van der Waals surface area contributed by atoms with Crippen LogP contribution in [-0.2, 0) is 19.6 Å². The normalized spacial score (nSPS) is 18.7. The zero-order chi connectivity index (χ0) is 28.0. The number of carbonyl (C=O) groups is 2. The van der Waals surface area contributed by atoms with Crippen molar-refractivity contribution in [1.82, 2.24) is 14.2 Å². The van der Waals surface area contributed by atoms with Crippen molar-refractivity contribution >= 4 is 21.9 Å². The number of alkyl halides is 3. The van der Waals surface area contributed by atoms with Crippen LogP contribution in [0.4, 0.5) is 13.2 Å². The zero-order valence-electron chi connectivity index (χ0n) is 20.6. The van der Waals surface area contributed by atoms with Gasteiger partial charge in [-0.05, 0) is 37.1 Å². The standard InChI is InChI=1S/C22H27N3O5S.C2HF3O2/c1-29-15-14-25-16-22(17-30-19-7-2-3-8-20(19)31(25,27)28)9-12-24(13-10-22)21(26)18-6-4-5-11-23-18;3-2(4,5)1(6)7/h2-8,11H,9-10,12-17H2,1H3;(H,6,7). The molecule has 0 bridgehead atoms. The van der Waals surface area contributed by atoms with Gasteiger partial charge < -0.3 is 19.5 Å². The number of pyridine rings is 1. The molecule has 1 saturated heterocycles. The van der Waals surface area contributed by atoms with Gasteiger partial charge >= 0.3 is 12.1 Å². The highest BCUT2D eigenvalue weighted by Crippen LogP contribution is 2.39. The van der Waals surface area contributed by atoms with Gasteiger partial charge in [0.15, 0.2) is 0 Å². The molecule has 3 heterocycles. The number of fused-ring (bicyclic) bond motifs is 1. The molecule has 208 valence electrons. The van der Waals surface area contributed by atoms with Crippen LogP contribution >= 0.6 is 0 Å². The molecular formula is C24H28F3N3O7S. The molecule has 1 N–H and O–H groups in total. The van der Waals surface area contributed by atoms with E-state index in [0.717, 1.165) is 0 Å². The van der Waals surface area contributed by atoms with Crippen molar-refractivity contribution < 1.29 is 45.8 Å². The van der Waals surface area contributed by atoms with Gasteiger partial charge in [0.25, 0.3) is 5.91 Å². The molecule has 1 spiro atoms. The molecule has 1 fully saturated rings. The number of carboxylic acids is 1. The molecule has 38 heavy (non-hydrogen) atoms. The highest BCUT2D eigenvalue weighted by Gasteiger charge is 2.43. The van der Waals surface area contributed by atoms with Crippen LogP contribution in [0.1, 0.15) is 23.3 Å². The third-order valence-corrected chi connectivity index (χ3v) is 8.18. The van der Waals surface area contributed by atoms with E-state index in [9.17, 15) is 26.4 Å². The van der Waals surface area contributed by atoms with Gasteiger partial charge in [-0.15, -0.1) is 0 Å². The van der Waals surface area contributed by atoms with Crippen molar-refractivity contribution in [2.75, 3.05) is 46.5 Å². The number of methoxy groups -OCH3 is 1. The van der Waals surface area contributed by atoms with Gasteiger partial charge in [-0.25, -0.2) is 13.2 Å². The minimum absolute atomic E-state index is 0.101. The molecule has 1 aromatic carbocycles. The van der Waals surface area contributed by atoms with Crippen LogP contribution in [0.25, 0.3) is 0 Å². The fraction of sp³-hybridized carbons (Fsp3) is 0.458. The van der Waals surface area contributed by atoms with Crippen LogP contribution in [0.5, 0.6) is 5.75 Å². The maximum atomic E-state index is 13.4. The first-order valence-corrected chi connectivity index (χ1v) is 13.0. The Bertz CT molecular complexity index is 1220. The Hall–Kier alpha value is -3.23. The highest BCUT2D eigenvalue weighted by molar-refractivity contribution is 7.89. The van der Waals surface area contributed by atoms with E-state index < -0.39 is 22.2 Å². The Kier molecular flexibility index (Phi) is 9.33. The van der Waals surface area contributed by atoms with E-state index in [4.69, 9.17) is 19.4 Å². The maximum absolute atomic E-state index is 13.4. The van der Waals surface area contributed by atoms with Crippen LogP contribution in [0.15, 0.2) is 53.6 Å². The van der Waals surface area contributed by atoms with Gasteiger partial charge in [0.2, 0.25) is 10.0 Å². The molecule has 0 radical (unpaired) electrons. The van der Waals surface area contributed by atoms with Crippen molar-refractivity contribution in [3.8, 4) is 5.75 Å². The van der Waals surface area contributed by atoms with Crippen molar-refractivity contribution in [2.24, 2.45) is 5.41 Å². The second kappa shape index (κ2) is 12.1. The second-order valence-electron chi connectivity index (χ2n) is 8.88. The molecule has 14 heteroatoms. The Labute approximate surface area is 218 Å². The summed E-state index contributed by atoms with van der Waals surface area (Å²) in [5.41, 5.74) is 0.0421. The predicted octanol–water partition coefficient (Wildman–Crippen LogP) is 2.67. The van der Waals surface area contributed by atoms with Gasteiger partial charge in [0.05, 0.1) is 13.2 Å². The summed E-state index contributed by atoms with van der Waals surface area (Å²) in [5, 5.41) is 7.12. The number of para-hydroxylation sites is 1. The molecule has 2 aliphatic heterocycles. The lowest BCUT2D eigenvalue weighted by molar-refractivity contribution is -0.192. The molecule has 4 rings (SSSR count). The van der Waals surface area contributed by atoms with E-state index in [1.165, 1.54) is 4.31 Å². The van der Waals surface area contributed by atoms with Crippen molar-refractivity contribution in [2.45, 2.75) is 23.9 Å². The number of carboxylic acid groups (broad SMARTS) is 1. The third-order valence-electron chi connectivity index (χ3n) is 6.30. The van der Waals surface area contributed by atoms with E-state index in [0.29, 0.717) is 57.1 Å². The number of rotatable bonds is 4. The second-order valence-corrected chi connectivity index (χ2v) is 10.8. The lowest BCUT2D eigenvalue weighted by atomic mass is 9.78. The largest absolute Gasteiger partial charge is 0.492 e. The SMILES string of the molecule is COCCN1CC2(CCN(C(=O)c3ccccn3)CC2)COc2ccccc2S1(=O)=O.O=C(O)C(F)(F)F. The van der Waals surface area contributed by atoms with Crippen LogP contribution in [-0.4, -0.2) is 92.3 Å². The maximum Gasteiger partial charge on any atom is 0.490 e. The number of nitrogens with zero attached hydrogens (tertiary/aromatic N) is 3. The molecule has 10 nitrogen and oxygen atoms in total. The average Bonchev–Trinajstić information content (AvgIpc) is 2.90. The number of hydrogen-bond donors (Lipinski definition) is 1. The number of aromatic nitrogens is 1. The van der Waals surface area contributed by atoms with E-state index in [1.807, 2.05) is 0 Å². The van der Waals surface area contributed by atoms with E-state index in [2.05, 4.69) is 4.98 Å². The number of halogens is 3. The summed E-state index contributed by atoms with van der Waals surface area (Å²) in [4.78, 5) is 27.8. The number of carbonyl (C=O) groups excluding carboxylic acids is 1. The smallest absolute Gasteiger partial charge is 0.490 e. The number of piperidine rings is 1. The number of ether oxygens (including phenoxy) is 2. The molecule has 0 aliphatic carbocycles. The lowest BCUT2D eigenvalue weighted by Gasteiger charge is -2.44. The third kappa shape index (κ3) is 6.99. The molecule has 1 amide bonds. The minimum Gasteiger partial charge on any atom is -0.492 e. The van der Waals surface area contributed by atoms with Crippen LogP contribution in [0.3, 0.4) is 0 Å². The first kappa shape index (κ1) is 29.3. The number of hydrogen-bond acceptors (Lipinski definition) is 7. The van der Waals surface area contributed by atoms with Crippen molar-refractivity contribution in [1.29, 1.82) is 0 Å². The van der Waals surface area contributed by atoms with Gasteiger partial charge in [-0.3, -0.25) is 9.78 Å². The first-order valence-electron chi connectivity index (χ1n) is 11.6. The molecule has 0 atom stereocenters. The number of amides is 1. The van der Waals surface area contributed by atoms with Gasteiger partial charge in [-0.2, -0.15) is 17.5 Å². The predicted molar refractivity (Wildman–Crippen MR) is 128 cm³/mol. The number of likely N-dealkylation sites (tertiary alicyclic amines) is 1. The van der Waals surface area contributed by atoms with Crippen molar-refractivity contribution in [3.05, 3.63) is 54.4 Å². The van der Waals surface area contributed by atoms with Crippen LogP contribution in [0, 0.1) is 5.41 Å². The minimum atomic E-state index is -5.08. The molecular weight excluding hydrogens is 531 g/mol. The summed E-state index contributed by atoms with van der Waals surface area (Å²) in [6, 6.07) is 12.0. The van der Waals surface area contributed by atoms with E-state index >= 15 is 0 Å². The fourth-order valence-corrected chi connectivity index (χ4v) is 5.86. The Morgan fingerprint density at radius 3 is 2.34 bits per heavy atom. The Morgan fingerprint density at radius 1 is 1.13 bits per heavy atom. The fourth-order valence-electron chi connectivity index (χ4n) is 4.19. The van der Waals surface area contributed by atoms with Crippen LogP contribution in [0.2, 0.25) is 0 Å². The van der Waals surface area contributed by atoms with E-state index in [-0.39, 0.29) is 22.8 Å². The Balaban J connectivity index is 0.000000505. The summed E-state index contributed by atoms with van der Waals surface area (Å²) < 4.78 is 71.2. The van der Waals surface area contributed by atoms with Gasteiger partial charge in [0.1, 0.15) is 16.3 Å². The molecule has 0 saturated carbocycles. The molecule has 1 aromatic heterocycles. The Morgan fingerprint density at radius 2 is 1.76 bits per heavy atom. The highest BCUT2D eigenvalue weighted by atomic mass is 32.2. The van der Waals surface area contributed by atoms with E-state index in [1.54, 1.807) is 60.7 Å². The summed E-state index contributed by atoms with van der Waals surface area (Å²) in [7, 11) is -2.16. The lowest BCUT2D eigenvalue weighted by Crippen LogP contribution is -2.53.